The molecular weight excluding hydrogens is 420 g/mol. The van der Waals surface area contributed by atoms with Crippen LogP contribution in [0.2, 0.25) is 0 Å². The van der Waals surface area contributed by atoms with E-state index < -0.39 is 16.5 Å². The maximum absolute atomic E-state index is 12.4. The van der Waals surface area contributed by atoms with Gasteiger partial charge in [0.2, 0.25) is 0 Å². The Balaban J connectivity index is 1.46. The van der Waals surface area contributed by atoms with Crippen molar-refractivity contribution < 1.29 is 13.7 Å². The Morgan fingerprint density at radius 3 is 2.12 bits per heavy atom. The van der Waals surface area contributed by atoms with E-state index >= 15 is 0 Å². The summed E-state index contributed by atoms with van der Waals surface area (Å²) in [6, 6.07) is 27.2. The van der Waals surface area contributed by atoms with E-state index in [1.807, 2.05) is 60.7 Å². The highest BCUT2D eigenvalue weighted by molar-refractivity contribution is 7.75. The van der Waals surface area contributed by atoms with Crippen LogP contribution in [0.3, 0.4) is 0 Å². The number of thiol groups is 1. The SMILES string of the molecule is O=C(N=[SH](=O)c1ccccc1)c1cncc(C#Cc2ccc(Oc3ccccc3)cc2)c1. The van der Waals surface area contributed by atoms with E-state index in [2.05, 4.69) is 21.2 Å². The minimum absolute atomic E-state index is 0.239. The van der Waals surface area contributed by atoms with E-state index in [-0.39, 0.29) is 5.56 Å². The molecular formula is C26H18N2O3S. The molecule has 1 aromatic heterocycles. The van der Waals surface area contributed by atoms with Crippen molar-refractivity contribution in [2.24, 2.45) is 4.36 Å². The molecule has 1 atom stereocenters. The Hall–Kier alpha value is -4.21. The molecule has 0 saturated heterocycles. The lowest BCUT2D eigenvalue weighted by molar-refractivity contribution is 0.100. The zero-order chi connectivity index (χ0) is 22.2. The first kappa shape index (κ1) is 21.0. The summed E-state index contributed by atoms with van der Waals surface area (Å²) >= 11 is 0. The third kappa shape index (κ3) is 5.69. The Labute approximate surface area is 188 Å². The number of benzene rings is 3. The van der Waals surface area contributed by atoms with Crippen LogP contribution in [-0.4, -0.2) is 15.1 Å². The zero-order valence-corrected chi connectivity index (χ0v) is 17.8. The molecule has 0 aliphatic rings. The average molecular weight is 439 g/mol. The zero-order valence-electron chi connectivity index (χ0n) is 16.9. The van der Waals surface area contributed by atoms with Crippen molar-refractivity contribution in [1.29, 1.82) is 0 Å². The van der Waals surface area contributed by atoms with Crippen LogP contribution in [0.4, 0.5) is 0 Å². The van der Waals surface area contributed by atoms with Gasteiger partial charge in [-0.05, 0) is 54.6 Å². The van der Waals surface area contributed by atoms with Crippen LogP contribution in [0.1, 0.15) is 21.5 Å². The second-order valence-corrected chi connectivity index (χ2v) is 7.93. The average Bonchev–Trinajstić information content (AvgIpc) is 2.85. The van der Waals surface area contributed by atoms with E-state index in [0.29, 0.717) is 16.2 Å². The molecule has 0 N–H and O–H groups in total. The number of pyridine rings is 1. The molecule has 0 radical (unpaired) electrons. The summed E-state index contributed by atoms with van der Waals surface area (Å²) in [4.78, 5) is 17.0. The molecule has 4 rings (SSSR count). The van der Waals surface area contributed by atoms with Gasteiger partial charge in [0.25, 0.3) is 5.91 Å². The molecule has 32 heavy (non-hydrogen) atoms. The molecule has 0 saturated carbocycles. The fourth-order valence-corrected chi connectivity index (χ4v) is 3.58. The lowest BCUT2D eigenvalue weighted by Crippen LogP contribution is -1.97. The second kappa shape index (κ2) is 10.2. The van der Waals surface area contributed by atoms with Crippen LogP contribution in [0.15, 0.2) is 113 Å². The van der Waals surface area contributed by atoms with Gasteiger partial charge in [-0.2, -0.15) is 4.36 Å². The monoisotopic (exact) mass is 438 g/mol. The van der Waals surface area contributed by atoms with Crippen LogP contribution in [0, 0.1) is 11.8 Å². The van der Waals surface area contributed by atoms with Crippen molar-refractivity contribution in [3.05, 3.63) is 120 Å². The molecule has 1 unspecified atom stereocenters. The smallest absolute Gasteiger partial charge is 0.286 e. The number of para-hydroxylation sites is 1. The first-order valence-electron chi connectivity index (χ1n) is 9.76. The second-order valence-electron chi connectivity index (χ2n) is 6.67. The summed E-state index contributed by atoms with van der Waals surface area (Å²) in [5.74, 6) is 6.92. The molecule has 6 heteroatoms. The molecule has 1 heterocycles. The third-order valence-electron chi connectivity index (χ3n) is 4.33. The minimum atomic E-state index is -2.16. The molecule has 0 aliphatic carbocycles. The molecule has 156 valence electrons. The normalized spacial score (nSPS) is 11.2. The Bertz CT molecular complexity index is 1370. The topological polar surface area (TPSA) is 68.6 Å². The fraction of sp³-hybridized carbons (Fsp3) is 0. The van der Waals surface area contributed by atoms with Gasteiger partial charge < -0.3 is 4.74 Å². The van der Waals surface area contributed by atoms with Crippen molar-refractivity contribution >= 4 is 16.5 Å². The molecule has 0 spiro atoms. The molecule has 0 fully saturated rings. The van der Waals surface area contributed by atoms with E-state index in [1.165, 1.54) is 6.20 Å². The molecule has 0 bridgehead atoms. The largest absolute Gasteiger partial charge is 0.457 e. The predicted molar refractivity (Wildman–Crippen MR) is 124 cm³/mol. The van der Waals surface area contributed by atoms with Crippen molar-refractivity contribution in [2.45, 2.75) is 4.90 Å². The van der Waals surface area contributed by atoms with Crippen LogP contribution in [0.25, 0.3) is 0 Å². The molecule has 1 amide bonds. The van der Waals surface area contributed by atoms with E-state index in [0.717, 1.165) is 11.3 Å². The first-order chi connectivity index (χ1) is 15.7. The Morgan fingerprint density at radius 1 is 0.781 bits per heavy atom. The number of aromatic nitrogens is 1. The lowest BCUT2D eigenvalue weighted by Gasteiger charge is -2.04. The lowest BCUT2D eigenvalue weighted by atomic mass is 10.1. The first-order valence-corrected chi connectivity index (χ1v) is 11.0. The van der Waals surface area contributed by atoms with Gasteiger partial charge in [-0.15, -0.1) is 0 Å². The molecule has 0 aliphatic heterocycles. The van der Waals surface area contributed by atoms with E-state index in [4.69, 9.17) is 4.74 Å². The molecule has 3 aromatic carbocycles. The molecule has 5 nitrogen and oxygen atoms in total. The highest BCUT2D eigenvalue weighted by Crippen LogP contribution is 2.20. The number of carbonyl (C=O) groups excluding carboxylic acids is 1. The highest BCUT2D eigenvalue weighted by Gasteiger charge is 2.06. The number of nitrogens with zero attached hydrogens (tertiary/aromatic N) is 2. The summed E-state index contributed by atoms with van der Waals surface area (Å²) in [5, 5.41) is 0. The van der Waals surface area contributed by atoms with Crippen molar-refractivity contribution in [3.63, 3.8) is 0 Å². The summed E-state index contributed by atoms with van der Waals surface area (Å²) in [6.07, 6.45) is 2.95. The number of amides is 1. The summed E-state index contributed by atoms with van der Waals surface area (Å²) < 4.78 is 21.8. The number of carbonyl (C=O) groups is 1. The Kier molecular flexibility index (Phi) is 6.71. The van der Waals surface area contributed by atoms with Gasteiger partial charge in [-0.1, -0.05) is 48.2 Å². The summed E-state index contributed by atoms with van der Waals surface area (Å²) in [7, 11) is -2.16. The van der Waals surface area contributed by atoms with Crippen LogP contribution >= 0.6 is 0 Å². The number of rotatable bonds is 4. The van der Waals surface area contributed by atoms with E-state index in [9.17, 15) is 9.00 Å². The van der Waals surface area contributed by atoms with Crippen LogP contribution < -0.4 is 4.74 Å². The standard InChI is InChI=1S/C26H18N2O3S/c29-26(28-32(30)25-9-5-2-6-10-25)22-17-21(18-27-19-22)12-11-20-13-15-24(16-14-20)31-23-7-3-1-4-8-23/h1-10,13-19,32H. The van der Waals surface area contributed by atoms with Crippen molar-refractivity contribution in [1.82, 2.24) is 4.98 Å². The predicted octanol–water partition coefficient (Wildman–Crippen LogP) is 5.14. The van der Waals surface area contributed by atoms with Gasteiger partial charge in [0.15, 0.2) is 0 Å². The van der Waals surface area contributed by atoms with E-state index in [1.54, 1.807) is 36.5 Å². The van der Waals surface area contributed by atoms with Gasteiger partial charge in [-0.3, -0.25) is 9.78 Å². The van der Waals surface area contributed by atoms with Gasteiger partial charge in [-0.25, -0.2) is 4.21 Å². The van der Waals surface area contributed by atoms with Crippen molar-refractivity contribution in [3.8, 4) is 23.3 Å². The number of hydrogen-bond donors (Lipinski definition) is 1. The van der Waals surface area contributed by atoms with Crippen molar-refractivity contribution in [2.75, 3.05) is 0 Å². The van der Waals surface area contributed by atoms with Gasteiger partial charge in [0.1, 0.15) is 11.5 Å². The molecule has 4 aromatic rings. The van der Waals surface area contributed by atoms with Crippen LogP contribution in [-0.2, 0) is 10.6 Å². The van der Waals surface area contributed by atoms with Crippen LogP contribution in [0.5, 0.6) is 11.5 Å². The number of ether oxygens (including phenoxy) is 1. The van der Waals surface area contributed by atoms with Gasteiger partial charge in [0.05, 0.1) is 16.2 Å². The summed E-state index contributed by atoms with van der Waals surface area (Å²) in [5.41, 5.74) is 1.59. The third-order valence-corrected chi connectivity index (χ3v) is 5.43. The fourth-order valence-electron chi connectivity index (χ4n) is 2.75. The minimum Gasteiger partial charge on any atom is -0.457 e. The quantitative estimate of drug-likeness (QED) is 0.354. The van der Waals surface area contributed by atoms with Gasteiger partial charge >= 0.3 is 0 Å². The maximum atomic E-state index is 12.4. The number of hydrogen-bond acceptors (Lipinski definition) is 4. The van der Waals surface area contributed by atoms with Gasteiger partial charge in [0, 0.05) is 28.4 Å². The highest BCUT2D eigenvalue weighted by atomic mass is 32.2. The summed E-state index contributed by atoms with van der Waals surface area (Å²) in [6.45, 7) is 0. The Morgan fingerprint density at radius 2 is 1.41 bits per heavy atom. The maximum Gasteiger partial charge on any atom is 0.286 e.